The average Bonchev–Trinajstić information content (AvgIpc) is 1.04. The molecular weight excluding hydrogens is 1250 g/mol. The van der Waals surface area contributed by atoms with Gasteiger partial charge in [-0.25, -0.2) is 0 Å². The Morgan fingerprint density at radius 2 is 0.471 bits per heavy atom. The molecule has 6 nitrogen and oxygen atoms in total. The monoisotopic (exact) mass is 1400 g/mol. The first kappa shape index (κ1) is 90.3. The summed E-state index contributed by atoms with van der Waals surface area (Å²) in [7, 11) is 0. The molecule has 0 bridgehead atoms. The minimum Gasteiger partial charge on any atom is -0.507 e. The molecule has 0 spiro atoms. The van der Waals surface area contributed by atoms with Crippen LogP contribution in [0.3, 0.4) is 0 Å². The molecule has 2 saturated carbocycles. The van der Waals surface area contributed by atoms with Crippen LogP contribution >= 0.6 is 0 Å². The Labute approximate surface area is 626 Å². The van der Waals surface area contributed by atoms with E-state index in [4.69, 9.17) is 0 Å². The number of rotatable bonds is 9. The molecule has 0 aromatic heterocycles. The van der Waals surface area contributed by atoms with Crippen molar-refractivity contribution in [2.75, 3.05) is 0 Å². The molecule has 6 aromatic rings. The third-order valence-corrected chi connectivity index (χ3v) is 20.4. The van der Waals surface area contributed by atoms with E-state index in [9.17, 15) is 30.6 Å². The van der Waals surface area contributed by atoms with Gasteiger partial charge in [-0.05, 0) is 230 Å². The van der Waals surface area contributed by atoms with Crippen LogP contribution in [0.1, 0.15) is 397 Å². The molecule has 6 heteroatoms. The smallest absolute Gasteiger partial charge is 0.123 e. The highest BCUT2D eigenvalue weighted by Gasteiger charge is 2.32. The summed E-state index contributed by atoms with van der Waals surface area (Å²) in [6.07, 6.45) is 18.4. The van der Waals surface area contributed by atoms with Gasteiger partial charge in [-0.2, -0.15) is 0 Å². The van der Waals surface area contributed by atoms with Crippen LogP contribution < -0.4 is 0 Å². The summed E-state index contributed by atoms with van der Waals surface area (Å²) in [4.78, 5) is 0. The molecular formula is C96H152O6. The van der Waals surface area contributed by atoms with Crippen LogP contribution in [0.25, 0.3) is 0 Å². The lowest BCUT2D eigenvalue weighted by Gasteiger charge is -2.28. The van der Waals surface area contributed by atoms with Gasteiger partial charge in [0.05, 0.1) is 0 Å². The summed E-state index contributed by atoms with van der Waals surface area (Å²) in [6, 6.07) is 25.8. The van der Waals surface area contributed by atoms with E-state index in [1.807, 2.05) is 13.0 Å². The van der Waals surface area contributed by atoms with E-state index >= 15 is 0 Å². The third-order valence-electron chi connectivity index (χ3n) is 20.4. The van der Waals surface area contributed by atoms with Gasteiger partial charge in [-0.3, -0.25) is 0 Å². The molecule has 2 fully saturated rings. The lowest BCUT2D eigenvalue weighted by molar-refractivity contribution is 0.421. The highest BCUT2D eigenvalue weighted by molar-refractivity contribution is 5.54. The van der Waals surface area contributed by atoms with E-state index in [1.54, 1.807) is 0 Å². The Balaban J connectivity index is 0.000000319. The fourth-order valence-electron chi connectivity index (χ4n) is 14.2. The van der Waals surface area contributed by atoms with Crippen LogP contribution in [-0.4, -0.2) is 30.6 Å². The van der Waals surface area contributed by atoms with Crippen molar-refractivity contribution in [1.29, 1.82) is 0 Å². The Kier molecular flexibility index (Phi) is 31.8. The molecule has 8 rings (SSSR count). The van der Waals surface area contributed by atoms with E-state index in [1.165, 1.54) is 122 Å². The molecule has 0 heterocycles. The summed E-state index contributed by atoms with van der Waals surface area (Å²) in [6.45, 7) is 72.8. The molecule has 0 aliphatic heterocycles. The van der Waals surface area contributed by atoms with Crippen molar-refractivity contribution in [2.24, 2.45) is 0 Å². The Bertz CT molecular complexity index is 3380. The zero-order chi connectivity index (χ0) is 78.6. The van der Waals surface area contributed by atoms with E-state index in [0.717, 1.165) is 74.9 Å². The second kappa shape index (κ2) is 35.9. The third kappa shape index (κ3) is 26.3. The molecule has 2 aliphatic carbocycles. The fraction of sp³-hybridized carbons (Fsp3) is 0.625. The summed E-state index contributed by atoms with van der Waals surface area (Å²) in [5.74, 6) is 4.22. The van der Waals surface area contributed by atoms with Gasteiger partial charge in [0.15, 0.2) is 0 Å². The predicted octanol–water partition coefficient (Wildman–Crippen LogP) is 27.8. The molecule has 0 atom stereocenters. The van der Waals surface area contributed by atoms with Crippen molar-refractivity contribution >= 4 is 0 Å². The fourth-order valence-corrected chi connectivity index (χ4v) is 14.2. The number of hydrogen-bond donors (Lipinski definition) is 6. The van der Waals surface area contributed by atoms with Gasteiger partial charge in [0.1, 0.15) is 34.5 Å². The van der Waals surface area contributed by atoms with Crippen LogP contribution in [-0.2, 0) is 68.0 Å². The number of unbranched alkanes of at least 4 members (excludes halogenated alkanes) is 2. The van der Waals surface area contributed by atoms with E-state index in [-0.39, 0.29) is 48.7 Å². The molecule has 2 aliphatic rings. The van der Waals surface area contributed by atoms with Crippen LogP contribution in [0, 0.1) is 27.7 Å². The van der Waals surface area contributed by atoms with Crippen molar-refractivity contribution in [3.8, 4) is 34.5 Å². The number of hydrogen-bond acceptors (Lipinski definition) is 6. The largest absolute Gasteiger partial charge is 0.507 e. The summed E-state index contributed by atoms with van der Waals surface area (Å²) in [5.41, 5.74) is 20.6. The van der Waals surface area contributed by atoms with Crippen molar-refractivity contribution in [3.05, 3.63) is 173 Å². The minimum absolute atomic E-state index is 0.0147. The maximum Gasteiger partial charge on any atom is 0.123 e. The molecule has 572 valence electrons. The number of aryl methyl sites for hydroxylation is 7. The highest BCUT2D eigenvalue weighted by Crippen LogP contribution is 2.48. The average molecular weight is 1400 g/mol. The summed E-state index contributed by atoms with van der Waals surface area (Å²) >= 11 is 0. The minimum atomic E-state index is -0.0215. The maximum atomic E-state index is 10.6. The molecule has 102 heavy (non-hydrogen) atoms. The van der Waals surface area contributed by atoms with Crippen LogP contribution in [0.4, 0.5) is 0 Å². The van der Waals surface area contributed by atoms with Crippen LogP contribution in [0.2, 0.25) is 0 Å². The normalized spacial score (nSPS) is 14.3. The summed E-state index contributed by atoms with van der Waals surface area (Å²) in [5, 5.41) is 62.6. The van der Waals surface area contributed by atoms with Crippen molar-refractivity contribution in [1.82, 2.24) is 0 Å². The van der Waals surface area contributed by atoms with Gasteiger partial charge in [-0.1, -0.05) is 336 Å². The first-order valence-electron chi connectivity index (χ1n) is 39.4. The standard InChI is InChI=1S/2C18H30O.C17H24O.C16H26O.C15H24O.C12H18O/c2*1-8-9-10-13-11-14(17(2,3)4)16(19)15(12-13)18(5,6)7;1-12-10-15(13-6-2-3-7-13)17(18)16(11-12)14-8-4-5-9-14;1-8-11-9-12(15(2,3)4)14(17)13(10-11)16(5,6)7;1-10-8-11(14(2,3)4)13(16)12(9-10)15(5,6)7;1-8-6-9(2)11(13)10(7-8)12(3,4)5/h2*11-12,19H,8-10H2,1-7H3;10-11,13-14,18H,2-9H2,1H3;9-10,17H,8H2,1-7H3;8-9,16H,1-7H3;6-7,13H,1-5H3. The topological polar surface area (TPSA) is 121 Å². The predicted molar refractivity (Wildman–Crippen MR) is 445 cm³/mol. The summed E-state index contributed by atoms with van der Waals surface area (Å²) < 4.78 is 0. The Hall–Kier alpha value is -5.88. The molecule has 0 saturated heterocycles. The van der Waals surface area contributed by atoms with Crippen molar-refractivity contribution < 1.29 is 30.6 Å². The molecule has 0 amide bonds. The quantitative estimate of drug-likeness (QED) is 0.0858. The van der Waals surface area contributed by atoms with Gasteiger partial charge in [0.25, 0.3) is 0 Å². The molecule has 6 aromatic carbocycles. The van der Waals surface area contributed by atoms with E-state index in [0.29, 0.717) is 46.3 Å². The van der Waals surface area contributed by atoms with Gasteiger partial charge in [-0.15, -0.1) is 0 Å². The number of phenolic OH excluding ortho intramolecular Hbond substituents is 6. The SMILES string of the molecule is CCCCc1cc(C(C)(C)C)c(O)c(C(C)(C)C)c1.CCCCc1cc(C(C)(C)C)c(O)c(C(C)(C)C)c1.CCc1cc(C(C)(C)C)c(O)c(C(C)(C)C)c1.Cc1cc(C(C)(C)C)c(O)c(C(C)(C)C)c1.Cc1cc(C)c(O)c(C(C)(C)C)c1.Cc1cc(C2CCCC2)c(O)c(C2CCCC2)c1. The maximum absolute atomic E-state index is 10.6. The van der Waals surface area contributed by atoms with Gasteiger partial charge < -0.3 is 30.6 Å². The number of aromatic hydroxyl groups is 6. The van der Waals surface area contributed by atoms with Gasteiger partial charge in [0, 0.05) is 0 Å². The molecule has 0 unspecified atom stereocenters. The Morgan fingerprint density at radius 3 is 0.696 bits per heavy atom. The lowest BCUT2D eigenvalue weighted by atomic mass is 9.78. The highest BCUT2D eigenvalue weighted by atomic mass is 16.3. The van der Waals surface area contributed by atoms with Crippen LogP contribution in [0.15, 0.2) is 72.8 Å². The second-order valence-corrected chi connectivity index (χ2v) is 39.9. The van der Waals surface area contributed by atoms with E-state index < -0.39 is 0 Å². The van der Waals surface area contributed by atoms with Gasteiger partial charge in [0.2, 0.25) is 0 Å². The second-order valence-electron chi connectivity index (χ2n) is 39.9. The number of phenols is 6. The van der Waals surface area contributed by atoms with Crippen LogP contribution in [0.5, 0.6) is 34.5 Å². The zero-order valence-electron chi connectivity index (χ0n) is 71.9. The molecule has 6 N–H and O–H groups in total. The first-order chi connectivity index (χ1) is 46.3. The van der Waals surface area contributed by atoms with Crippen molar-refractivity contribution in [3.63, 3.8) is 0 Å². The lowest BCUT2D eigenvalue weighted by Crippen LogP contribution is -2.18. The van der Waals surface area contributed by atoms with E-state index in [2.05, 4.69) is 295 Å². The van der Waals surface area contributed by atoms with Crippen molar-refractivity contribution in [2.45, 2.75) is 392 Å². The first-order valence-corrected chi connectivity index (χ1v) is 39.4. The molecule has 0 radical (unpaired) electrons. The van der Waals surface area contributed by atoms with Gasteiger partial charge >= 0.3 is 0 Å². The number of benzene rings is 6. The zero-order valence-corrected chi connectivity index (χ0v) is 71.9. The Morgan fingerprint density at radius 1 is 0.265 bits per heavy atom.